The van der Waals surface area contributed by atoms with Gasteiger partial charge < -0.3 is 15.6 Å². The van der Waals surface area contributed by atoms with Crippen molar-refractivity contribution in [3.8, 4) is 5.75 Å². The standard InChI is InChI=1S/C14H12FNO3/c15-10-3-1-2-9(6-10)8-19-13-5-4-11(16)7-12(13)14(17)18/h1-7H,8,16H2,(H,17,18). The molecular weight excluding hydrogens is 249 g/mol. The topological polar surface area (TPSA) is 72.5 Å². The molecule has 0 aliphatic carbocycles. The zero-order valence-electron chi connectivity index (χ0n) is 9.97. The molecule has 0 aromatic heterocycles. The number of carboxylic acid groups (broad SMARTS) is 1. The van der Waals surface area contributed by atoms with E-state index in [1.54, 1.807) is 18.2 Å². The average molecular weight is 261 g/mol. The minimum atomic E-state index is -1.12. The van der Waals surface area contributed by atoms with E-state index in [4.69, 9.17) is 15.6 Å². The zero-order chi connectivity index (χ0) is 13.8. The molecule has 4 nitrogen and oxygen atoms in total. The van der Waals surface area contributed by atoms with Gasteiger partial charge in [0, 0.05) is 5.69 Å². The Morgan fingerprint density at radius 1 is 1.26 bits per heavy atom. The molecule has 2 aromatic carbocycles. The van der Waals surface area contributed by atoms with Crippen molar-refractivity contribution in [2.45, 2.75) is 6.61 Å². The Bertz CT molecular complexity index is 613. The number of rotatable bonds is 4. The Kier molecular flexibility index (Phi) is 3.66. The van der Waals surface area contributed by atoms with Gasteiger partial charge in [0.05, 0.1) is 0 Å². The molecule has 0 saturated heterocycles. The number of ether oxygens (including phenoxy) is 1. The predicted octanol–water partition coefficient (Wildman–Crippen LogP) is 2.69. The van der Waals surface area contributed by atoms with Crippen molar-refractivity contribution in [2.75, 3.05) is 5.73 Å². The van der Waals surface area contributed by atoms with Crippen LogP contribution in [0.4, 0.5) is 10.1 Å². The smallest absolute Gasteiger partial charge is 0.339 e. The van der Waals surface area contributed by atoms with Crippen LogP contribution in [0.25, 0.3) is 0 Å². The van der Waals surface area contributed by atoms with E-state index in [2.05, 4.69) is 0 Å². The number of halogens is 1. The number of nitrogen functional groups attached to an aromatic ring is 1. The predicted molar refractivity (Wildman–Crippen MR) is 68.5 cm³/mol. The lowest BCUT2D eigenvalue weighted by Crippen LogP contribution is -2.04. The van der Waals surface area contributed by atoms with E-state index in [1.807, 2.05) is 0 Å². The van der Waals surface area contributed by atoms with E-state index < -0.39 is 5.97 Å². The third-order valence-corrected chi connectivity index (χ3v) is 2.52. The quantitative estimate of drug-likeness (QED) is 0.830. The summed E-state index contributed by atoms with van der Waals surface area (Å²) in [6.07, 6.45) is 0. The van der Waals surface area contributed by atoms with Gasteiger partial charge in [-0.1, -0.05) is 12.1 Å². The SMILES string of the molecule is Nc1ccc(OCc2cccc(F)c2)c(C(=O)O)c1. The maximum absolute atomic E-state index is 13.0. The monoisotopic (exact) mass is 261 g/mol. The molecule has 0 aliphatic rings. The highest BCUT2D eigenvalue weighted by Crippen LogP contribution is 2.22. The molecule has 98 valence electrons. The third-order valence-electron chi connectivity index (χ3n) is 2.52. The summed E-state index contributed by atoms with van der Waals surface area (Å²) in [7, 11) is 0. The minimum absolute atomic E-state index is 0.0172. The number of hydrogen-bond donors (Lipinski definition) is 2. The van der Waals surface area contributed by atoms with Crippen LogP contribution in [0.2, 0.25) is 0 Å². The second kappa shape index (κ2) is 5.39. The van der Waals surface area contributed by atoms with Gasteiger partial charge in [0.2, 0.25) is 0 Å². The first-order chi connectivity index (χ1) is 9.06. The number of anilines is 1. The van der Waals surface area contributed by atoms with Gasteiger partial charge in [-0.15, -0.1) is 0 Å². The largest absolute Gasteiger partial charge is 0.488 e. The highest BCUT2D eigenvalue weighted by atomic mass is 19.1. The summed E-state index contributed by atoms with van der Waals surface area (Å²) in [5.74, 6) is -1.29. The van der Waals surface area contributed by atoms with Crippen LogP contribution in [-0.4, -0.2) is 11.1 Å². The molecule has 5 heteroatoms. The normalized spacial score (nSPS) is 10.2. The van der Waals surface area contributed by atoms with E-state index in [0.29, 0.717) is 11.3 Å². The summed E-state index contributed by atoms with van der Waals surface area (Å²) in [6.45, 7) is 0.0853. The lowest BCUT2D eigenvalue weighted by Gasteiger charge is -2.09. The molecule has 0 radical (unpaired) electrons. The summed E-state index contributed by atoms with van der Waals surface area (Å²) in [5.41, 5.74) is 6.47. The first kappa shape index (κ1) is 12.9. The minimum Gasteiger partial charge on any atom is -0.488 e. The fraction of sp³-hybridized carbons (Fsp3) is 0.0714. The zero-order valence-corrected chi connectivity index (χ0v) is 9.97. The van der Waals surface area contributed by atoms with Crippen LogP contribution in [0.3, 0.4) is 0 Å². The molecule has 0 aliphatic heterocycles. The highest BCUT2D eigenvalue weighted by molar-refractivity contribution is 5.92. The van der Waals surface area contributed by atoms with Crippen molar-refractivity contribution in [1.82, 2.24) is 0 Å². The van der Waals surface area contributed by atoms with Gasteiger partial charge >= 0.3 is 5.97 Å². The molecule has 0 atom stereocenters. The van der Waals surface area contributed by atoms with Gasteiger partial charge in [0.1, 0.15) is 23.7 Å². The van der Waals surface area contributed by atoms with Crippen molar-refractivity contribution >= 4 is 11.7 Å². The van der Waals surface area contributed by atoms with Crippen LogP contribution in [0.1, 0.15) is 15.9 Å². The molecule has 0 saturated carbocycles. The van der Waals surface area contributed by atoms with E-state index in [-0.39, 0.29) is 23.7 Å². The van der Waals surface area contributed by atoms with Gasteiger partial charge in [-0.05, 0) is 35.9 Å². The van der Waals surface area contributed by atoms with Crippen molar-refractivity contribution in [3.05, 3.63) is 59.4 Å². The third kappa shape index (κ3) is 3.22. The van der Waals surface area contributed by atoms with E-state index in [1.165, 1.54) is 24.3 Å². The van der Waals surface area contributed by atoms with Gasteiger partial charge in [0.15, 0.2) is 0 Å². The van der Waals surface area contributed by atoms with Crippen LogP contribution in [0.15, 0.2) is 42.5 Å². The molecule has 0 amide bonds. The summed E-state index contributed by atoms with van der Waals surface area (Å²) in [6, 6.07) is 10.3. The number of carboxylic acids is 1. The fourth-order valence-corrected chi connectivity index (χ4v) is 1.63. The maximum Gasteiger partial charge on any atom is 0.339 e. The van der Waals surface area contributed by atoms with Crippen LogP contribution in [-0.2, 0) is 6.61 Å². The molecule has 0 bridgehead atoms. The summed E-state index contributed by atoms with van der Waals surface area (Å²) in [4.78, 5) is 11.0. The number of benzene rings is 2. The summed E-state index contributed by atoms with van der Waals surface area (Å²) >= 11 is 0. The van der Waals surface area contributed by atoms with Gasteiger partial charge in [0.25, 0.3) is 0 Å². The number of carbonyl (C=O) groups is 1. The van der Waals surface area contributed by atoms with Crippen molar-refractivity contribution in [3.63, 3.8) is 0 Å². The molecule has 0 unspecified atom stereocenters. The fourth-order valence-electron chi connectivity index (χ4n) is 1.63. The Morgan fingerprint density at radius 2 is 2.05 bits per heavy atom. The van der Waals surface area contributed by atoms with E-state index in [0.717, 1.165) is 0 Å². The Labute approximate surface area is 109 Å². The molecule has 3 N–H and O–H groups in total. The van der Waals surface area contributed by atoms with Crippen LogP contribution in [0, 0.1) is 5.82 Å². The first-order valence-corrected chi connectivity index (χ1v) is 5.56. The lowest BCUT2D eigenvalue weighted by atomic mass is 10.2. The molecule has 0 spiro atoms. The lowest BCUT2D eigenvalue weighted by molar-refractivity contribution is 0.0692. The van der Waals surface area contributed by atoms with Crippen LogP contribution in [0.5, 0.6) is 5.75 Å². The number of nitrogens with two attached hydrogens (primary N) is 1. The number of aromatic carboxylic acids is 1. The Hall–Kier alpha value is -2.56. The van der Waals surface area contributed by atoms with E-state index in [9.17, 15) is 9.18 Å². The van der Waals surface area contributed by atoms with Gasteiger partial charge in [-0.2, -0.15) is 0 Å². The van der Waals surface area contributed by atoms with Crippen molar-refractivity contribution in [2.24, 2.45) is 0 Å². The molecule has 2 rings (SSSR count). The van der Waals surface area contributed by atoms with Crippen LogP contribution < -0.4 is 10.5 Å². The second-order valence-electron chi connectivity index (χ2n) is 3.98. The van der Waals surface area contributed by atoms with Crippen molar-refractivity contribution in [1.29, 1.82) is 0 Å². The summed E-state index contributed by atoms with van der Waals surface area (Å²) < 4.78 is 18.4. The first-order valence-electron chi connectivity index (χ1n) is 5.56. The van der Waals surface area contributed by atoms with Gasteiger partial charge in [-0.3, -0.25) is 0 Å². The van der Waals surface area contributed by atoms with Crippen molar-refractivity contribution < 1.29 is 19.0 Å². The average Bonchev–Trinajstić information content (AvgIpc) is 2.37. The second-order valence-corrected chi connectivity index (χ2v) is 3.98. The van der Waals surface area contributed by atoms with Gasteiger partial charge in [-0.25, -0.2) is 9.18 Å². The molecule has 0 fully saturated rings. The molecule has 0 heterocycles. The summed E-state index contributed by atoms with van der Waals surface area (Å²) in [5, 5.41) is 9.04. The molecule has 19 heavy (non-hydrogen) atoms. The highest BCUT2D eigenvalue weighted by Gasteiger charge is 2.11. The van der Waals surface area contributed by atoms with Crippen LogP contribution >= 0.6 is 0 Å². The molecule has 2 aromatic rings. The Balaban J connectivity index is 2.17. The number of hydrogen-bond acceptors (Lipinski definition) is 3. The maximum atomic E-state index is 13.0. The molecular formula is C14H12FNO3. The Morgan fingerprint density at radius 3 is 2.74 bits per heavy atom. The van der Waals surface area contributed by atoms with E-state index >= 15 is 0 Å².